The fourth-order valence-corrected chi connectivity index (χ4v) is 1.35. The van der Waals surface area contributed by atoms with Crippen molar-refractivity contribution in [3.8, 4) is 0 Å². The van der Waals surface area contributed by atoms with Crippen molar-refractivity contribution in [3.63, 3.8) is 0 Å². The molecule has 3 heteroatoms. The minimum Gasteiger partial charge on any atom is -0.481 e. The Kier molecular flexibility index (Phi) is 5.22. The molecule has 1 aliphatic carbocycles. The third-order valence-electron chi connectivity index (χ3n) is 1.95. The van der Waals surface area contributed by atoms with Gasteiger partial charge in [-0.3, -0.25) is 4.79 Å². The largest absolute Gasteiger partial charge is 0.481 e. The molecule has 1 saturated carbocycles. The van der Waals surface area contributed by atoms with E-state index in [1.165, 1.54) is 6.42 Å². The van der Waals surface area contributed by atoms with E-state index >= 15 is 0 Å². The quantitative estimate of drug-likeness (QED) is 0.752. The minimum absolute atomic E-state index is 0. The molecule has 0 spiro atoms. The number of rotatable bonds is 1. The Morgan fingerprint density at radius 2 is 1.70 bits per heavy atom. The summed E-state index contributed by atoms with van der Waals surface area (Å²) in [5.41, 5.74) is 0. The van der Waals surface area contributed by atoms with Gasteiger partial charge in [-0.2, -0.15) is 0 Å². The first-order chi connectivity index (χ1) is 4.30. The van der Waals surface area contributed by atoms with Crippen LogP contribution in [-0.4, -0.2) is 36.9 Å². The van der Waals surface area contributed by atoms with E-state index in [2.05, 4.69) is 0 Å². The van der Waals surface area contributed by atoms with E-state index in [0.717, 1.165) is 25.7 Å². The molecule has 0 aromatic carbocycles. The van der Waals surface area contributed by atoms with E-state index < -0.39 is 5.97 Å². The van der Waals surface area contributed by atoms with Gasteiger partial charge in [-0.25, -0.2) is 0 Å². The van der Waals surface area contributed by atoms with Crippen molar-refractivity contribution in [1.82, 2.24) is 0 Å². The molecule has 55 valence electrons. The Bertz CT molecular complexity index is 108. The van der Waals surface area contributed by atoms with E-state index in [1.807, 2.05) is 0 Å². The third-order valence-corrected chi connectivity index (χ3v) is 1.95. The van der Waals surface area contributed by atoms with Gasteiger partial charge in [0.15, 0.2) is 0 Å². The maximum atomic E-state index is 10.4. The van der Waals surface area contributed by atoms with Gasteiger partial charge in [-0.05, 0) is 12.8 Å². The molecule has 3 radical (unpaired) electrons. The van der Waals surface area contributed by atoms with Crippen LogP contribution in [0.25, 0.3) is 0 Å². The zero-order valence-electron chi connectivity index (χ0n) is 6.05. The van der Waals surface area contributed by atoms with E-state index in [-0.39, 0.29) is 31.8 Å². The van der Waals surface area contributed by atoms with Gasteiger partial charge < -0.3 is 5.11 Å². The fourth-order valence-electron chi connectivity index (χ4n) is 1.35. The summed E-state index contributed by atoms with van der Waals surface area (Å²) in [5, 5.41) is 8.54. The van der Waals surface area contributed by atoms with Crippen molar-refractivity contribution in [2.24, 2.45) is 5.92 Å². The third kappa shape index (κ3) is 2.95. The normalized spacial score (nSPS) is 19.6. The van der Waals surface area contributed by atoms with Gasteiger partial charge in [0.2, 0.25) is 0 Å². The Morgan fingerprint density at radius 3 is 2.00 bits per heavy atom. The molecule has 0 amide bonds. The van der Waals surface area contributed by atoms with Crippen molar-refractivity contribution in [2.45, 2.75) is 32.1 Å². The van der Waals surface area contributed by atoms with Gasteiger partial charge >= 0.3 is 5.97 Å². The fraction of sp³-hybridized carbons (Fsp3) is 0.857. The summed E-state index contributed by atoms with van der Waals surface area (Å²) in [7, 11) is 0. The summed E-state index contributed by atoms with van der Waals surface area (Å²) >= 11 is 0. The first kappa shape index (κ1) is 10.3. The summed E-state index contributed by atoms with van der Waals surface area (Å²) in [6, 6.07) is 0. The maximum Gasteiger partial charge on any atom is 0.306 e. The van der Waals surface area contributed by atoms with Crippen molar-refractivity contribution >= 4 is 31.8 Å². The number of carboxylic acid groups (broad SMARTS) is 1. The van der Waals surface area contributed by atoms with Crippen LogP contribution in [0.3, 0.4) is 0 Å². The van der Waals surface area contributed by atoms with E-state index in [1.54, 1.807) is 0 Å². The number of hydrogen-bond acceptors (Lipinski definition) is 1. The van der Waals surface area contributed by atoms with Crippen molar-refractivity contribution < 1.29 is 9.90 Å². The first-order valence-corrected chi connectivity index (χ1v) is 3.53. The molecule has 2 nitrogen and oxygen atoms in total. The van der Waals surface area contributed by atoms with Crippen LogP contribution < -0.4 is 0 Å². The van der Waals surface area contributed by atoms with Crippen LogP contribution >= 0.6 is 0 Å². The SMILES string of the molecule is O=C(O)C1CCCCC1.[In]. The van der Waals surface area contributed by atoms with Gasteiger partial charge in [0.25, 0.3) is 0 Å². The molecule has 0 aliphatic heterocycles. The first-order valence-electron chi connectivity index (χ1n) is 3.53. The van der Waals surface area contributed by atoms with Crippen LogP contribution in [0.2, 0.25) is 0 Å². The average molecular weight is 243 g/mol. The van der Waals surface area contributed by atoms with Crippen LogP contribution in [0.1, 0.15) is 32.1 Å². The molecule has 1 fully saturated rings. The van der Waals surface area contributed by atoms with Crippen molar-refractivity contribution in [2.75, 3.05) is 0 Å². The second kappa shape index (κ2) is 5.05. The number of carboxylic acids is 1. The van der Waals surface area contributed by atoms with Crippen LogP contribution in [0.4, 0.5) is 0 Å². The number of hydrogen-bond donors (Lipinski definition) is 1. The molecule has 0 bridgehead atoms. The van der Waals surface area contributed by atoms with E-state index in [0.29, 0.717) is 0 Å². The molecule has 10 heavy (non-hydrogen) atoms. The molecule has 0 saturated heterocycles. The van der Waals surface area contributed by atoms with Gasteiger partial charge in [0, 0.05) is 25.8 Å². The smallest absolute Gasteiger partial charge is 0.306 e. The molecule has 0 heterocycles. The molecule has 0 unspecified atom stereocenters. The summed E-state index contributed by atoms with van der Waals surface area (Å²) in [4.78, 5) is 10.4. The topological polar surface area (TPSA) is 37.3 Å². The zero-order chi connectivity index (χ0) is 6.69. The molecular formula is C7H12InO2. The van der Waals surface area contributed by atoms with Gasteiger partial charge in [-0.1, -0.05) is 19.3 Å². The summed E-state index contributed by atoms with van der Waals surface area (Å²) < 4.78 is 0. The molecule has 1 aliphatic rings. The standard InChI is InChI=1S/C7H12O2.In/c8-7(9)6-4-2-1-3-5-6;/h6H,1-5H2,(H,8,9);. The van der Waals surface area contributed by atoms with Crippen molar-refractivity contribution in [3.05, 3.63) is 0 Å². The number of carbonyl (C=O) groups is 1. The van der Waals surface area contributed by atoms with Crippen LogP contribution in [-0.2, 0) is 4.79 Å². The van der Waals surface area contributed by atoms with Crippen LogP contribution in [0.5, 0.6) is 0 Å². The molecule has 1 N–H and O–H groups in total. The number of aliphatic carboxylic acids is 1. The van der Waals surface area contributed by atoms with Crippen LogP contribution in [0.15, 0.2) is 0 Å². The second-order valence-electron chi connectivity index (χ2n) is 2.67. The molecule has 0 aromatic heterocycles. The zero-order valence-corrected chi connectivity index (χ0v) is 9.34. The van der Waals surface area contributed by atoms with E-state index in [9.17, 15) is 4.79 Å². The van der Waals surface area contributed by atoms with E-state index in [4.69, 9.17) is 5.11 Å². The second-order valence-corrected chi connectivity index (χ2v) is 2.67. The van der Waals surface area contributed by atoms with Gasteiger partial charge in [-0.15, -0.1) is 0 Å². The monoisotopic (exact) mass is 243 g/mol. The summed E-state index contributed by atoms with van der Waals surface area (Å²) in [6.45, 7) is 0. The predicted octanol–water partition coefficient (Wildman–Crippen LogP) is 1.27. The maximum absolute atomic E-state index is 10.4. The Morgan fingerprint density at radius 1 is 1.20 bits per heavy atom. The molecule has 1 rings (SSSR count). The van der Waals surface area contributed by atoms with Gasteiger partial charge in [0.1, 0.15) is 0 Å². The average Bonchev–Trinajstić information content (AvgIpc) is 1.90. The van der Waals surface area contributed by atoms with Crippen LogP contribution in [0, 0.1) is 5.92 Å². The molecule has 0 atom stereocenters. The predicted molar refractivity (Wildman–Crippen MR) is 40.0 cm³/mol. The Labute approximate surface area is 79.8 Å². The Hall–Kier alpha value is 0.340. The Balaban J connectivity index is 0.000000810. The van der Waals surface area contributed by atoms with Crippen molar-refractivity contribution in [1.29, 1.82) is 0 Å². The summed E-state index contributed by atoms with van der Waals surface area (Å²) in [5.74, 6) is -0.631. The molecule has 0 aromatic rings. The molecular weight excluding hydrogens is 231 g/mol. The van der Waals surface area contributed by atoms with Gasteiger partial charge in [0.05, 0.1) is 5.92 Å². The minimum atomic E-state index is -0.602. The summed E-state index contributed by atoms with van der Waals surface area (Å²) in [6.07, 6.45) is 5.24.